The number of nitrogens with one attached hydrogen (secondary N) is 2. The summed E-state index contributed by atoms with van der Waals surface area (Å²) in [6.45, 7) is 3.67. The van der Waals surface area contributed by atoms with Crippen molar-refractivity contribution in [2.24, 2.45) is 5.92 Å². The van der Waals surface area contributed by atoms with Gasteiger partial charge in [-0.05, 0) is 24.5 Å². The number of carbonyl (C=O) groups excluding carboxylic acids is 3. The van der Waals surface area contributed by atoms with E-state index >= 15 is 0 Å². The molecule has 2 amide bonds. The maximum atomic E-state index is 12.7. The highest BCUT2D eigenvalue weighted by molar-refractivity contribution is 5.98. The molecule has 0 saturated heterocycles. The zero-order chi connectivity index (χ0) is 20.1. The van der Waals surface area contributed by atoms with Crippen LogP contribution in [0.3, 0.4) is 0 Å². The fourth-order valence-electron chi connectivity index (χ4n) is 2.75. The number of carbonyl (C=O) groups is 3. The summed E-state index contributed by atoms with van der Waals surface area (Å²) in [5.74, 6) is -0.975. The van der Waals surface area contributed by atoms with Crippen LogP contribution in [0.2, 0.25) is 0 Å². The van der Waals surface area contributed by atoms with Crippen LogP contribution in [0.4, 0.5) is 0 Å². The van der Waals surface area contributed by atoms with Crippen LogP contribution in [0, 0.1) is 5.92 Å². The monoisotopic (exact) mass is 386 g/mol. The zero-order valence-electron chi connectivity index (χ0n) is 15.6. The molecule has 8 nitrogen and oxygen atoms in total. The first-order valence-electron chi connectivity index (χ1n) is 8.98. The molecule has 2 heterocycles. The van der Waals surface area contributed by atoms with E-state index in [2.05, 4.69) is 10.6 Å². The van der Waals surface area contributed by atoms with Crippen LogP contribution in [0.25, 0.3) is 11.0 Å². The molecule has 0 aliphatic carbocycles. The average molecular weight is 386 g/mol. The summed E-state index contributed by atoms with van der Waals surface area (Å²) >= 11 is 0. The fraction of sp³-hybridized carbons (Fsp3) is 0.350. The van der Waals surface area contributed by atoms with E-state index in [0.29, 0.717) is 12.0 Å². The lowest BCUT2D eigenvalue weighted by atomic mass is 10.0. The van der Waals surface area contributed by atoms with Crippen molar-refractivity contribution in [3.63, 3.8) is 0 Å². The molecule has 0 saturated carbocycles. The van der Waals surface area contributed by atoms with Gasteiger partial charge in [0.25, 0.3) is 12.3 Å². The molecule has 1 unspecified atom stereocenters. The lowest BCUT2D eigenvalue weighted by Gasteiger charge is -2.23. The second kappa shape index (κ2) is 8.71. The van der Waals surface area contributed by atoms with Gasteiger partial charge < -0.3 is 19.2 Å². The Morgan fingerprint density at radius 1 is 1.25 bits per heavy atom. The average Bonchev–Trinajstić information content (AvgIpc) is 2.99. The van der Waals surface area contributed by atoms with Crippen LogP contribution in [0.15, 0.2) is 47.1 Å². The summed E-state index contributed by atoms with van der Waals surface area (Å²) in [6, 6.07) is 8.07. The molecule has 1 aliphatic rings. The molecule has 28 heavy (non-hydrogen) atoms. The Balaban J connectivity index is 1.68. The van der Waals surface area contributed by atoms with Crippen LogP contribution in [-0.4, -0.2) is 36.7 Å². The Labute approximate surface area is 161 Å². The number of para-hydroxylation sites is 1. The number of hydrogen-bond acceptors (Lipinski definition) is 6. The zero-order valence-corrected chi connectivity index (χ0v) is 15.6. The summed E-state index contributed by atoms with van der Waals surface area (Å²) in [5.41, 5.74) is 0.592. The lowest BCUT2D eigenvalue weighted by Crippen LogP contribution is -2.51. The predicted molar refractivity (Wildman–Crippen MR) is 100 cm³/mol. The minimum absolute atomic E-state index is 0.123. The normalized spacial score (nSPS) is 17.8. The molecule has 2 atom stereocenters. The van der Waals surface area contributed by atoms with Crippen molar-refractivity contribution >= 4 is 28.6 Å². The molecule has 0 spiro atoms. The van der Waals surface area contributed by atoms with Crippen molar-refractivity contribution < 1.29 is 28.3 Å². The number of furan rings is 1. The van der Waals surface area contributed by atoms with E-state index in [4.69, 9.17) is 13.9 Å². The molecule has 0 radical (unpaired) electrons. The molecule has 1 aromatic carbocycles. The summed E-state index contributed by atoms with van der Waals surface area (Å²) in [7, 11) is 0. The molecule has 3 rings (SSSR count). The van der Waals surface area contributed by atoms with Crippen molar-refractivity contribution in [2.75, 3.05) is 6.61 Å². The Bertz CT molecular complexity index is 868. The predicted octanol–water partition coefficient (Wildman–Crippen LogP) is 2.11. The van der Waals surface area contributed by atoms with Gasteiger partial charge >= 0.3 is 0 Å². The van der Waals surface area contributed by atoms with Crippen molar-refractivity contribution in [1.82, 2.24) is 10.6 Å². The lowest BCUT2D eigenvalue weighted by molar-refractivity contribution is -0.153. The molecular formula is C20H22N2O6. The van der Waals surface area contributed by atoms with Crippen LogP contribution in [-0.2, 0) is 19.1 Å². The van der Waals surface area contributed by atoms with E-state index in [1.54, 1.807) is 12.1 Å². The van der Waals surface area contributed by atoms with Gasteiger partial charge in [0.15, 0.2) is 11.5 Å². The standard InChI is InChI=1S/C20H22N2O6/c1-12(2)9-15(18(24)22-20-26-8-7-14(23)11-27-20)21-19(25)17-10-13-5-3-4-6-16(13)28-17/h3-8,10,12,15,20H,9,11H2,1-2H3,(H,21,25)(H,22,24)/t15-,20?/m0/s1. The number of fused-ring (bicyclic) bond motifs is 1. The number of rotatable bonds is 6. The first-order chi connectivity index (χ1) is 13.4. The Morgan fingerprint density at radius 3 is 2.79 bits per heavy atom. The highest BCUT2D eigenvalue weighted by Gasteiger charge is 2.27. The van der Waals surface area contributed by atoms with E-state index in [9.17, 15) is 14.4 Å². The van der Waals surface area contributed by atoms with Gasteiger partial charge in [0.2, 0.25) is 5.91 Å². The third-order valence-electron chi connectivity index (χ3n) is 4.07. The van der Waals surface area contributed by atoms with Gasteiger partial charge in [-0.1, -0.05) is 32.0 Å². The number of hydrogen-bond donors (Lipinski definition) is 2. The van der Waals surface area contributed by atoms with Gasteiger partial charge in [-0.3, -0.25) is 19.7 Å². The molecule has 2 aromatic rings. The smallest absolute Gasteiger partial charge is 0.287 e. The fourth-order valence-corrected chi connectivity index (χ4v) is 2.75. The second-order valence-electron chi connectivity index (χ2n) is 6.86. The molecular weight excluding hydrogens is 364 g/mol. The maximum absolute atomic E-state index is 12.7. The number of ether oxygens (including phenoxy) is 2. The van der Waals surface area contributed by atoms with Gasteiger partial charge in [-0.15, -0.1) is 0 Å². The van der Waals surface area contributed by atoms with Gasteiger partial charge in [0.05, 0.1) is 6.26 Å². The highest BCUT2D eigenvalue weighted by atomic mass is 16.7. The Morgan fingerprint density at radius 2 is 2.04 bits per heavy atom. The van der Waals surface area contributed by atoms with Crippen LogP contribution in [0.1, 0.15) is 30.8 Å². The van der Waals surface area contributed by atoms with E-state index in [0.717, 1.165) is 5.39 Å². The SMILES string of the molecule is CC(C)C[C@H](NC(=O)c1cc2ccccc2o1)C(=O)NC1OC=CC(=O)CO1. The summed E-state index contributed by atoms with van der Waals surface area (Å²) in [5, 5.41) is 6.03. The largest absolute Gasteiger partial charge is 0.454 e. The maximum Gasteiger partial charge on any atom is 0.287 e. The van der Waals surface area contributed by atoms with Crippen molar-refractivity contribution in [3.05, 3.63) is 48.4 Å². The molecule has 2 N–H and O–H groups in total. The Kier molecular flexibility index (Phi) is 6.10. The van der Waals surface area contributed by atoms with Crippen LogP contribution in [0.5, 0.6) is 0 Å². The summed E-state index contributed by atoms with van der Waals surface area (Å²) < 4.78 is 15.9. The van der Waals surface area contributed by atoms with Crippen molar-refractivity contribution in [1.29, 1.82) is 0 Å². The minimum Gasteiger partial charge on any atom is -0.454 e. The van der Waals surface area contributed by atoms with Gasteiger partial charge in [0, 0.05) is 11.5 Å². The van der Waals surface area contributed by atoms with Crippen molar-refractivity contribution in [2.45, 2.75) is 32.7 Å². The number of benzene rings is 1. The van der Waals surface area contributed by atoms with Crippen LogP contribution < -0.4 is 10.6 Å². The van der Waals surface area contributed by atoms with Crippen molar-refractivity contribution in [3.8, 4) is 0 Å². The molecule has 1 aliphatic heterocycles. The first-order valence-corrected chi connectivity index (χ1v) is 8.98. The van der Waals surface area contributed by atoms with E-state index in [1.165, 1.54) is 12.3 Å². The molecule has 8 heteroatoms. The number of amides is 2. The van der Waals surface area contributed by atoms with Gasteiger partial charge in [0.1, 0.15) is 18.2 Å². The third-order valence-corrected chi connectivity index (χ3v) is 4.07. The molecule has 1 aromatic heterocycles. The highest BCUT2D eigenvalue weighted by Crippen LogP contribution is 2.19. The summed E-state index contributed by atoms with van der Waals surface area (Å²) in [4.78, 5) is 36.5. The van der Waals surface area contributed by atoms with Crippen LogP contribution >= 0.6 is 0 Å². The van der Waals surface area contributed by atoms with E-state index < -0.39 is 24.3 Å². The molecule has 148 valence electrons. The Hall–Kier alpha value is -3.13. The van der Waals surface area contributed by atoms with E-state index in [1.807, 2.05) is 32.0 Å². The van der Waals surface area contributed by atoms with E-state index in [-0.39, 0.29) is 24.1 Å². The first kappa shape index (κ1) is 19.6. The molecule has 0 bridgehead atoms. The minimum atomic E-state index is -1.10. The third kappa shape index (κ3) is 4.98. The summed E-state index contributed by atoms with van der Waals surface area (Å²) in [6.07, 6.45) is 1.69. The topological polar surface area (TPSA) is 107 Å². The second-order valence-corrected chi connectivity index (χ2v) is 6.86. The van der Waals surface area contributed by atoms with Gasteiger partial charge in [-0.25, -0.2) is 0 Å². The molecule has 0 fully saturated rings. The van der Waals surface area contributed by atoms with Gasteiger partial charge in [-0.2, -0.15) is 0 Å². The number of ketones is 1. The quantitative estimate of drug-likeness (QED) is 0.787.